The Kier molecular flexibility index (Phi) is 4.95. The van der Waals surface area contributed by atoms with Crippen LogP contribution in [-0.4, -0.2) is 34.1 Å². The van der Waals surface area contributed by atoms with Crippen LogP contribution < -0.4 is 5.32 Å². The number of carbonyl (C=O) groups is 1. The first kappa shape index (κ1) is 15.6. The maximum Gasteiger partial charge on any atom is 0.251 e. The van der Waals surface area contributed by atoms with Crippen LogP contribution >= 0.6 is 11.3 Å². The van der Waals surface area contributed by atoms with Gasteiger partial charge in [0.2, 0.25) is 0 Å². The zero-order valence-corrected chi connectivity index (χ0v) is 13.3. The summed E-state index contributed by atoms with van der Waals surface area (Å²) in [6, 6.07) is 7.28. The Labute approximate surface area is 138 Å². The maximum absolute atomic E-state index is 12.3. The van der Waals surface area contributed by atoms with Gasteiger partial charge in [0, 0.05) is 37.0 Å². The molecule has 0 unspecified atom stereocenters. The lowest BCUT2D eigenvalue weighted by Crippen LogP contribution is -2.31. The van der Waals surface area contributed by atoms with E-state index >= 15 is 0 Å². The summed E-state index contributed by atoms with van der Waals surface area (Å²) in [6.07, 6.45) is 3.98. The van der Waals surface area contributed by atoms with E-state index in [-0.39, 0.29) is 18.4 Å². The number of carbonyl (C=O) groups excluding carboxylic acids is 1. The van der Waals surface area contributed by atoms with Crippen LogP contribution in [0.25, 0.3) is 11.0 Å². The Balaban J connectivity index is 1.63. The van der Waals surface area contributed by atoms with E-state index in [1.807, 2.05) is 11.4 Å². The Morgan fingerprint density at radius 1 is 1.22 bits per heavy atom. The van der Waals surface area contributed by atoms with E-state index in [1.54, 1.807) is 41.9 Å². The van der Waals surface area contributed by atoms with Crippen molar-refractivity contribution in [3.8, 4) is 0 Å². The van der Waals surface area contributed by atoms with Crippen LogP contribution in [0.15, 0.2) is 47.4 Å². The Bertz CT molecular complexity index is 789. The fourth-order valence-corrected chi connectivity index (χ4v) is 3.07. The maximum atomic E-state index is 12.3. The number of rotatable bonds is 6. The molecule has 3 aromatic rings. The number of nitrogens with zero attached hydrogens (tertiary/aromatic N) is 2. The molecule has 0 spiro atoms. The van der Waals surface area contributed by atoms with Gasteiger partial charge in [0.25, 0.3) is 5.91 Å². The topological polar surface area (TPSA) is 75.1 Å². The van der Waals surface area contributed by atoms with Gasteiger partial charge in [-0.05, 0) is 47.0 Å². The molecule has 2 N–H and O–H groups in total. The molecule has 2 aromatic heterocycles. The standard InChI is InChI=1S/C17H17N3O2S/c21-10-13(7-12-3-6-23-11-12)9-20-17(22)14-1-2-15-16(8-14)19-5-4-18-15/h1-6,8,11,13,21H,7,9-10H2,(H,20,22)/t13-/m1/s1. The Morgan fingerprint density at radius 2 is 2.04 bits per heavy atom. The third-order valence-electron chi connectivity index (χ3n) is 3.65. The molecule has 0 saturated heterocycles. The monoisotopic (exact) mass is 327 g/mol. The van der Waals surface area contributed by atoms with Crippen LogP contribution in [-0.2, 0) is 6.42 Å². The van der Waals surface area contributed by atoms with Crippen LogP contribution in [0.1, 0.15) is 15.9 Å². The predicted octanol–water partition coefficient (Wildman–Crippen LogP) is 2.27. The second-order valence-corrected chi connectivity index (χ2v) is 6.13. The van der Waals surface area contributed by atoms with Crippen LogP contribution in [0.5, 0.6) is 0 Å². The summed E-state index contributed by atoms with van der Waals surface area (Å²) in [5, 5.41) is 16.4. The summed E-state index contributed by atoms with van der Waals surface area (Å²) < 4.78 is 0. The first-order valence-electron chi connectivity index (χ1n) is 7.37. The summed E-state index contributed by atoms with van der Waals surface area (Å²) >= 11 is 1.63. The molecular weight excluding hydrogens is 310 g/mol. The molecule has 0 bridgehead atoms. The van der Waals surface area contributed by atoms with E-state index < -0.39 is 0 Å². The average Bonchev–Trinajstić information content (AvgIpc) is 3.11. The van der Waals surface area contributed by atoms with Crippen LogP contribution in [0, 0.1) is 5.92 Å². The first-order valence-corrected chi connectivity index (χ1v) is 8.31. The van der Waals surface area contributed by atoms with E-state index in [2.05, 4.69) is 20.7 Å². The molecule has 1 atom stereocenters. The number of amides is 1. The van der Waals surface area contributed by atoms with E-state index in [4.69, 9.17) is 0 Å². The quantitative estimate of drug-likeness (QED) is 0.728. The Hall–Kier alpha value is -2.31. The van der Waals surface area contributed by atoms with E-state index in [1.165, 1.54) is 5.56 Å². The average molecular weight is 327 g/mol. The molecule has 0 aliphatic heterocycles. The molecule has 5 nitrogen and oxygen atoms in total. The van der Waals surface area contributed by atoms with Crippen molar-refractivity contribution < 1.29 is 9.90 Å². The third-order valence-corrected chi connectivity index (χ3v) is 4.38. The fraction of sp³-hybridized carbons (Fsp3) is 0.235. The number of aliphatic hydroxyl groups excluding tert-OH is 1. The second-order valence-electron chi connectivity index (χ2n) is 5.35. The smallest absolute Gasteiger partial charge is 0.251 e. The lowest BCUT2D eigenvalue weighted by molar-refractivity contribution is 0.0940. The number of thiophene rings is 1. The number of fused-ring (bicyclic) bond motifs is 1. The zero-order valence-electron chi connectivity index (χ0n) is 12.5. The van der Waals surface area contributed by atoms with Crippen LogP contribution in [0.4, 0.5) is 0 Å². The number of aromatic nitrogens is 2. The highest BCUT2D eigenvalue weighted by Gasteiger charge is 2.12. The molecule has 3 rings (SSSR count). The summed E-state index contributed by atoms with van der Waals surface area (Å²) in [6.45, 7) is 0.475. The van der Waals surface area contributed by atoms with Crippen molar-refractivity contribution in [1.29, 1.82) is 0 Å². The minimum absolute atomic E-state index is 0.00815. The normalized spacial score (nSPS) is 12.2. The Morgan fingerprint density at radius 3 is 2.78 bits per heavy atom. The van der Waals surface area contributed by atoms with Crippen molar-refractivity contribution in [1.82, 2.24) is 15.3 Å². The van der Waals surface area contributed by atoms with Crippen molar-refractivity contribution in [2.24, 2.45) is 5.92 Å². The molecule has 0 aliphatic rings. The van der Waals surface area contributed by atoms with Crippen molar-refractivity contribution in [3.05, 3.63) is 58.5 Å². The molecule has 6 heteroatoms. The van der Waals surface area contributed by atoms with Crippen molar-refractivity contribution in [3.63, 3.8) is 0 Å². The summed E-state index contributed by atoms with van der Waals surface area (Å²) in [5.74, 6) is -0.157. The van der Waals surface area contributed by atoms with Gasteiger partial charge in [0.15, 0.2) is 0 Å². The van der Waals surface area contributed by atoms with Gasteiger partial charge in [-0.2, -0.15) is 11.3 Å². The van der Waals surface area contributed by atoms with Gasteiger partial charge in [-0.3, -0.25) is 14.8 Å². The van der Waals surface area contributed by atoms with Gasteiger partial charge in [0.05, 0.1) is 11.0 Å². The molecule has 1 amide bonds. The van der Waals surface area contributed by atoms with Crippen LogP contribution in [0.3, 0.4) is 0 Å². The predicted molar refractivity (Wildman–Crippen MR) is 90.5 cm³/mol. The lowest BCUT2D eigenvalue weighted by atomic mass is 10.0. The molecule has 0 saturated carbocycles. The molecule has 2 heterocycles. The fourth-order valence-electron chi connectivity index (χ4n) is 2.39. The molecule has 118 valence electrons. The second kappa shape index (κ2) is 7.30. The van der Waals surface area contributed by atoms with E-state index in [0.29, 0.717) is 17.6 Å². The van der Waals surface area contributed by atoms with Gasteiger partial charge in [-0.15, -0.1) is 0 Å². The van der Waals surface area contributed by atoms with Crippen molar-refractivity contribution >= 4 is 28.3 Å². The minimum Gasteiger partial charge on any atom is -0.396 e. The highest BCUT2D eigenvalue weighted by Crippen LogP contribution is 2.13. The van der Waals surface area contributed by atoms with Gasteiger partial charge in [0.1, 0.15) is 0 Å². The summed E-state index contributed by atoms with van der Waals surface area (Å²) in [5.41, 5.74) is 3.18. The lowest BCUT2D eigenvalue weighted by Gasteiger charge is -2.14. The molecule has 1 aromatic carbocycles. The summed E-state index contributed by atoms with van der Waals surface area (Å²) in [7, 11) is 0. The first-order chi connectivity index (χ1) is 11.3. The number of hydrogen-bond acceptors (Lipinski definition) is 5. The largest absolute Gasteiger partial charge is 0.396 e. The highest BCUT2D eigenvalue weighted by atomic mass is 32.1. The number of benzene rings is 1. The number of nitrogens with one attached hydrogen (secondary N) is 1. The van der Waals surface area contributed by atoms with Gasteiger partial charge >= 0.3 is 0 Å². The van der Waals surface area contributed by atoms with E-state index in [0.717, 1.165) is 11.9 Å². The number of aliphatic hydroxyl groups is 1. The van der Waals surface area contributed by atoms with Crippen molar-refractivity contribution in [2.45, 2.75) is 6.42 Å². The van der Waals surface area contributed by atoms with Gasteiger partial charge < -0.3 is 10.4 Å². The number of hydrogen-bond donors (Lipinski definition) is 2. The summed E-state index contributed by atoms with van der Waals surface area (Å²) in [4.78, 5) is 20.7. The molecule has 0 radical (unpaired) electrons. The zero-order chi connectivity index (χ0) is 16.1. The molecule has 23 heavy (non-hydrogen) atoms. The molecule has 0 fully saturated rings. The van der Waals surface area contributed by atoms with E-state index in [9.17, 15) is 9.90 Å². The van der Waals surface area contributed by atoms with Crippen molar-refractivity contribution in [2.75, 3.05) is 13.2 Å². The molecular formula is C17H17N3O2S. The van der Waals surface area contributed by atoms with Crippen LogP contribution in [0.2, 0.25) is 0 Å². The molecule has 0 aliphatic carbocycles. The minimum atomic E-state index is -0.165. The third kappa shape index (κ3) is 3.91. The van der Waals surface area contributed by atoms with Gasteiger partial charge in [-0.25, -0.2) is 0 Å². The van der Waals surface area contributed by atoms with Gasteiger partial charge in [-0.1, -0.05) is 0 Å². The SMILES string of the molecule is O=C(NC[C@H](CO)Cc1ccsc1)c1ccc2nccnc2c1. The highest BCUT2D eigenvalue weighted by molar-refractivity contribution is 7.07.